The lowest BCUT2D eigenvalue weighted by Crippen LogP contribution is -2.54. The lowest BCUT2D eigenvalue weighted by Gasteiger charge is -2.26. The lowest BCUT2D eigenvalue weighted by molar-refractivity contribution is -0.122. The van der Waals surface area contributed by atoms with Gasteiger partial charge in [0.25, 0.3) is 17.7 Å². The summed E-state index contributed by atoms with van der Waals surface area (Å²) < 4.78 is 5.51. The summed E-state index contributed by atoms with van der Waals surface area (Å²) in [7, 11) is 0. The molecule has 1 heterocycles. The molecule has 0 radical (unpaired) electrons. The molecule has 2 N–H and O–H groups in total. The highest BCUT2D eigenvalue weighted by Gasteiger charge is 2.36. The number of nitrogens with zero attached hydrogens (tertiary/aromatic N) is 1. The summed E-state index contributed by atoms with van der Waals surface area (Å²) in [6, 6.07) is 15.2. The third-order valence-electron chi connectivity index (χ3n) is 5.17. The van der Waals surface area contributed by atoms with Gasteiger partial charge in [-0.25, -0.2) is 9.69 Å². The van der Waals surface area contributed by atoms with Crippen LogP contribution in [0.2, 0.25) is 15.1 Å². The number of barbiturate groups is 1. The largest absolute Gasteiger partial charge is 0.481 e. The highest BCUT2D eigenvalue weighted by atomic mass is 35.5. The maximum atomic E-state index is 13.0. The van der Waals surface area contributed by atoms with Gasteiger partial charge in [-0.15, -0.1) is 0 Å². The van der Waals surface area contributed by atoms with E-state index >= 15 is 0 Å². The minimum Gasteiger partial charge on any atom is -0.481 e. The van der Waals surface area contributed by atoms with Crippen LogP contribution >= 0.6 is 34.8 Å². The zero-order valence-corrected chi connectivity index (χ0v) is 21.4. The molecule has 5 amide bonds. The number of carbonyl (C=O) groups is 4. The van der Waals surface area contributed by atoms with Crippen LogP contribution in [0.4, 0.5) is 16.2 Å². The summed E-state index contributed by atoms with van der Waals surface area (Å²) in [6.45, 7) is 1.55. The second-order valence-electron chi connectivity index (χ2n) is 7.95. The number of rotatable bonds is 6. The van der Waals surface area contributed by atoms with E-state index in [1.807, 2.05) is 25.1 Å². The molecule has 0 bridgehead atoms. The fourth-order valence-corrected chi connectivity index (χ4v) is 4.25. The van der Waals surface area contributed by atoms with Crippen molar-refractivity contribution in [1.29, 1.82) is 0 Å². The Labute approximate surface area is 226 Å². The zero-order valence-electron chi connectivity index (χ0n) is 19.2. The monoisotopic (exact) mass is 557 g/mol. The van der Waals surface area contributed by atoms with Crippen LogP contribution in [-0.4, -0.2) is 30.4 Å². The van der Waals surface area contributed by atoms with Crippen molar-refractivity contribution in [3.05, 3.63) is 92.4 Å². The second-order valence-corrected chi connectivity index (χ2v) is 9.21. The van der Waals surface area contributed by atoms with Crippen LogP contribution in [0, 0.1) is 6.92 Å². The predicted octanol–water partition coefficient (Wildman–Crippen LogP) is 5.64. The van der Waals surface area contributed by atoms with Crippen molar-refractivity contribution < 1.29 is 23.9 Å². The molecule has 1 saturated heterocycles. The standard InChI is InChI=1S/C26H18Cl3N3O5/c1-14-3-2-4-17(9-14)30-22(33)13-37-23-20(28)11-15(12-21(23)29)10-19-24(34)31-26(36)32(25(19)35)18-7-5-16(27)6-8-18/h2-12H,13H2,1H3,(H,30,33)(H,31,34,36)/b19-10-. The van der Waals surface area contributed by atoms with Gasteiger partial charge in [0, 0.05) is 10.7 Å². The average molecular weight is 559 g/mol. The molecular weight excluding hydrogens is 541 g/mol. The van der Waals surface area contributed by atoms with Crippen molar-refractivity contribution in [3.8, 4) is 5.75 Å². The summed E-state index contributed by atoms with van der Waals surface area (Å²) in [6.07, 6.45) is 1.25. The summed E-state index contributed by atoms with van der Waals surface area (Å²) in [5, 5.41) is 5.36. The van der Waals surface area contributed by atoms with Gasteiger partial charge in [-0.05, 0) is 72.7 Å². The number of benzene rings is 3. The number of amides is 5. The fraction of sp³-hybridized carbons (Fsp3) is 0.0769. The fourth-order valence-electron chi connectivity index (χ4n) is 3.51. The normalized spacial score (nSPS) is 14.5. The highest BCUT2D eigenvalue weighted by Crippen LogP contribution is 2.35. The van der Waals surface area contributed by atoms with Gasteiger partial charge in [0.1, 0.15) is 5.57 Å². The summed E-state index contributed by atoms with van der Waals surface area (Å²) in [5.41, 5.74) is 1.83. The van der Waals surface area contributed by atoms with Gasteiger partial charge in [-0.2, -0.15) is 0 Å². The lowest BCUT2D eigenvalue weighted by atomic mass is 10.1. The van der Waals surface area contributed by atoms with Crippen molar-refractivity contribution in [2.45, 2.75) is 6.92 Å². The number of urea groups is 1. The molecular formula is C26H18Cl3N3O5. The Hall–Kier alpha value is -3.85. The molecule has 4 rings (SSSR count). The van der Waals surface area contributed by atoms with E-state index in [2.05, 4.69) is 10.6 Å². The first-order chi connectivity index (χ1) is 17.6. The van der Waals surface area contributed by atoms with E-state index in [1.54, 1.807) is 6.07 Å². The SMILES string of the molecule is Cc1cccc(NC(=O)COc2c(Cl)cc(/C=C3/C(=O)NC(=O)N(c4ccc(Cl)cc4)C3=O)cc2Cl)c1. The number of hydrogen-bond acceptors (Lipinski definition) is 5. The number of anilines is 2. The molecule has 1 aliphatic rings. The minimum absolute atomic E-state index is 0.0528. The highest BCUT2D eigenvalue weighted by molar-refractivity contribution is 6.40. The summed E-state index contributed by atoms with van der Waals surface area (Å²) >= 11 is 18.5. The number of halogens is 3. The number of aryl methyl sites for hydroxylation is 1. The third-order valence-corrected chi connectivity index (χ3v) is 5.98. The minimum atomic E-state index is -0.891. The number of imide groups is 2. The Kier molecular flexibility index (Phi) is 7.83. The molecule has 0 aliphatic carbocycles. The molecule has 11 heteroatoms. The van der Waals surface area contributed by atoms with E-state index in [0.717, 1.165) is 10.5 Å². The van der Waals surface area contributed by atoms with Gasteiger partial charge < -0.3 is 10.1 Å². The van der Waals surface area contributed by atoms with E-state index < -0.39 is 23.8 Å². The predicted molar refractivity (Wildman–Crippen MR) is 142 cm³/mol. The van der Waals surface area contributed by atoms with Gasteiger partial charge in [0.05, 0.1) is 15.7 Å². The van der Waals surface area contributed by atoms with E-state index in [0.29, 0.717) is 16.3 Å². The van der Waals surface area contributed by atoms with Crippen LogP contribution < -0.4 is 20.3 Å². The molecule has 188 valence electrons. The van der Waals surface area contributed by atoms with E-state index in [1.165, 1.54) is 42.5 Å². The molecule has 8 nitrogen and oxygen atoms in total. The molecule has 0 aromatic heterocycles. The second kappa shape index (κ2) is 11.0. The average Bonchev–Trinajstić information content (AvgIpc) is 2.82. The van der Waals surface area contributed by atoms with Crippen LogP contribution in [-0.2, 0) is 14.4 Å². The zero-order chi connectivity index (χ0) is 26.7. The van der Waals surface area contributed by atoms with Crippen molar-refractivity contribution in [2.75, 3.05) is 16.8 Å². The Balaban J connectivity index is 1.52. The Morgan fingerprint density at radius 2 is 1.68 bits per heavy atom. The van der Waals surface area contributed by atoms with Crippen LogP contribution in [0.5, 0.6) is 5.75 Å². The molecule has 0 unspecified atom stereocenters. The molecule has 37 heavy (non-hydrogen) atoms. The first kappa shape index (κ1) is 26.2. The maximum absolute atomic E-state index is 13.0. The van der Waals surface area contributed by atoms with Crippen LogP contribution in [0.3, 0.4) is 0 Å². The molecule has 1 aliphatic heterocycles. The third kappa shape index (κ3) is 6.11. The Morgan fingerprint density at radius 3 is 2.32 bits per heavy atom. The first-order valence-corrected chi connectivity index (χ1v) is 11.9. The summed E-state index contributed by atoms with van der Waals surface area (Å²) in [4.78, 5) is 50.9. The first-order valence-electron chi connectivity index (χ1n) is 10.8. The van der Waals surface area contributed by atoms with Crippen molar-refractivity contribution in [1.82, 2.24) is 5.32 Å². The van der Waals surface area contributed by atoms with Crippen LogP contribution in [0.25, 0.3) is 6.08 Å². The molecule has 3 aromatic carbocycles. The molecule has 0 atom stereocenters. The van der Waals surface area contributed by atoms with Crippen molar-refractivity contribution in [3.63, 3.8) is 0 Å². The summed E-state index contributed by atoms with van der Waals surface area (Å²) in [5.74, 6) is -2.07. The van der Waals surface area contributed by atoms with Crippen molar-refractivity contribution in [2.24, 2.45) is 0 Å². The van der Waals surface area contributed by atoms with Gasteiger partial charge in [-0.1, -0.05) is 46.9 Å². The van der Waals surface area contributed by atoms with Crippen LogP contribution in [0.1, 0.15) is 11.1 Å². The number of carbonyl (C=O) groups excluding carboxylic acids is 4. The molecule has 1 fully saturated rings. The smallest absolute Gasteiger partial charge is 0.335 e. The van der Waals surface area contributed by atoms with E-state index in [-0.39, 0.29) is 33.7 Å². The van der Waals surface area contributed by atoms with Gasteiger partial charge in [0.2, 0.25) is 0 Å². The van der Waals surface area contributed by atoms with Crippen molar-refractivity contribution >= 4 is 76.0 Å². The van der Waals surface area contributed by atoms with Gasteiger partial charge in [0.15, 0.2) is 12.4 Å². The van der Waals surface area contributed by atoms with Gasteiger partial charge in [-0.3, -0.25) is 19.7 Å². The molecule has 0 saturated carbocycles. The molecule has 0 spiro atoms. The number of hydrogen-bond donors (Lipinski definition) is 2. The van der Waals surface area contributed by atoms with E-state index in [9.17, 15) is 19.2 Å². The Morgan fingerprint density at radius 1 is 1.00 bits per heavy atom. The maximum Gasteiger partial charge on any atom is 0.335 e. The topological polar surface area (TPSA) is 105 Å². The Bertz CT molecular complexity index is 1430. The quantitative estimate of drug-likeness (QED) is 0.301. The van der Waals surface area contributed by atoms with E-state index in [4.69, 9.17) is 39.5 Å². The molecule has 3 aromatic rings. The van der Waals surface area contributed by atoms with Crippen LogP contribution in [0.15, 0.2) is 66.2 Å². The van der Waals surface area contributed by atoms with Gasteiger partial charge >= 0.3 is 6.03 Å². The number of ether oxygens (including phenoxy) is 1. The number of nitrogens with one attached hydrogen (secondary N) is 2.